The van der Waals surface area contributed by atoms with Gasteiger partial charge in [0.25, 0.3) is 0 Å². The molecule has 0 aliphatic heterocycles. The molecule has 3 aromatic rings. The molecular formula is C22H21NO3. The molecule has 4 nitrogen and oxygen atoms in total. The van der Waals surface area contributed by atoms with Gasteiger partial charge in [0.2, 0.25) is 5.78 Å². The number of aryl methyl sites for hydroxylation is 2. The van der Waals surface area contributed by atoms with Crippen molar-refractivity contribution in [3.8, 4) is 0 Å². The smallest absolute Gasteiger partial charge is 0.331 e. The SMILES string of the molecule is Cc1ccc(/C=C/C(=O)O[C@H](C)C(=O)c2c(C)[nH]c3ccccc23)cc1. The molecule has 0 bridgehead atoms. The Morgan fingerprint density at radius 1 is 1.04 bits per heavy atom. The minimum absolute atomic E-state index is 0.211. The van der Waals surface area contributed by atoms with Gasteiger partial charge in [0.05, 0.1) is 0 Å². The van der Waals surface area contributed by atoms with E-state index in [-0.39, 0.29) is 5.78 Å². The van der Waals surface area contributed by atoms with E-state index in [1.165, 1.54) is 6.08 Å². The van der Waals surface area contributed by atoms with Gasteiger partial charge < -0.3 is 9.72 Å². The number of esters is 1. The third-order valence-electron chi connectivity index (χ3n) is 4.29. The highest BCUT2D eigenvalue weighted by atomic mass is 16.5. The average molecular weight is 347 g/mol. The summed E-state index contributed by atoms with van der Waals surface area (Å²) in [4.78, 5) is 28.0. The lowest BCUT2D eigenvalue weighted by Gasteiger charge is -2.11. The van der Waals surface area contributed by atoms with E-state index >= 15 is 0 Å². The second-order valence-corrected chi connectivity index (χ2v) is 6.36. The van der Waals surface area contributed by atoms with Crippen LogP contribution in [0.5, 0.6) is 0 Å². The van der Waals surface area contributed by atoms with Gasteiger partial charge in [-0.2, -0.15) is 0 Å². The van der Waals surface area contributed by atoms with E-state index in [9.17, 15) is 9.59 Å². The molecule has 26 heavy (non-hydrogen) atoms. The Hall–Kier alpha value is -3.14. The monoisotopic (exact) mass is 347 g/mol. The van der Waals surface area contributed by atoms with Gasteiger partial charge >= 0.3 is 5.97 Å². The van der Waals surface area contributed by atoms with Gasteiger partial charge in [0.15, 0.2) is 6.10 Å². The Labute approximate surface area is 152 Å². The summed E-state index contributed by atoms with van der Waals surface area (Å²) in [5, 5.41) is 0.841. The third-order valence-corrected chi connectivity index (χ3v) is 4.29. The second-order valence-electron chi connectivity index (χ2n) is 6.36. The standard InChI is InChI=1S/C22H21NO3/c1-14-8-10-17(11-9-14)12-13-20(24)26-16(3)22(25)21-15(2)23-19-7-5-4-6-18(19)21/h4-13,16,23H,1-3H3/b13-12+/t16-/m1/s1. The summed E-state index contributed by atoms with van der Waals surface area (Å²) in [5.74, 6) is -0.749. The quantitative estimate of drug-likeness (QED) is 0.416. The van der Waals surface area contributed by atoms with Crippen LogP contribution < -0.4 is 0 Å². The van der Waals surface area contributed by atoms with Crippen LogP contribution in [0.4, 0.5) is 0 Å². The van der Waals surface area contributed by atoms with Gasteiger partial charge in [-0.15, -0.1) is 0 Å². The van der Waals surface area contributed by atoms with Crippen molar-refractivity contribution in [1.29, 1.82) is 0 Å². The van der Waals surface area contributed by atoms with Gasteiger partial charge in [-0.05, 0) is 38.5 Å². The van der Waals surface area contributed by atoms with E-state index in [0.717, 1.165) is 27.7 Å². The Morgan fingerprint density at radius 3 is 2.46 bits per heavy atom. The number of fused-ring (bicyclic) bond motifs is 1. The second kappa shape index (κ2) is 7.40. The van der Waals surface area contributed by atoms with Gasteiger partial charge in [0.1, 0.15) is 0 Å². The molecule has 1 heterocycles. The summed E-state index contributed by atoms with van der Waals surface area (Å²) in [5.41, 5.74) is 4.29. The first-order valence-electron chi connectivity index (χ1n) is 8.52. The first kappa shape index (κ1) is 17.7. The zero-order valence-corrected chi connectivity index (χ0v) is 15.1. The first-order valence-corrected chi connectivity index (χ1v) is 8.52. The lowest BCUT2D eigenvalue weighted by molar-refractivity contribution is -0.140. The van der Waals surface area contributed by atoms with Gasteiger partial charge in [-0.25, -0.2) is 4.79 Å². The maximum absolute atomic E-state index is 12.8. The maximum atomic E-state index is 12.8. The fraction of sp³-hybridized carbons (Fsp3) is 0.182. The van der Waals surface area contributed by atoms with Crippen LogP contribution in [0.2, 0.25) is 0 Å². The van der Waals surface area contributed by atoms with Crippen LogP contribution in [0.15, 0.2) is 54.6 Å². The number of aromatic nitrogens is 1. The van der Waals surface area contributed by atoms with Crippen LogP contribution in [0.1, 0.15) is 34.1 Å². The van der Waals surface area contributed by atoms with Gasteiger partial charge in [0, 0.05) is 28.2 Å². The number of hydrogen-bond acceptors (Lipinski definition) is 3. The Kier molecular flexibility index (Phi) is 5.03. The van der Waals surface area contributed by atoms with Crippen LogP contribution in [0.25, 0.3) is 17.0 Å². The van der Waals surface area contributed by atoms with Crippen LogP contribution in [0, 0.1) is 13.8 Å². The number of Topliss-reactive ketones (excluding diaryl/α,β-unsaturated/α-hetero) is 1. The molecule has 132 valence electrons. The molecule has 4 heteroatoms. The lowest BCUT2D eigenvalue weighted by atomic mass is 10.0. The van der Waals surface area contributed by atoms with Crippen LogP contribution in [-0.2, 0) is 9.53 Å². The number of H-pyrrole nitrogens is 1. The van der Waals surface area contributed by atoms with Gasteiger partial charge in [-0.3, -0.25) is 4.79 Å². The molecule has 1 N–H and O–H groups in total. The van der Waals surface area contributed by atoms with E-state index < -0.39 is 12.1 Å². The van der Waals surface area contributed by atoms with Crippen molar-refractivity contribution in [2.75, 3.05) is 0 Å². The molecule has 0 unspecified atom stereocenters. The molecule has 0 aliphatic rings. The number of aromatic amines is 1. The molecule has 0 aliphatic carbocycles. The number of ketones is 1. The van der Waals surface area contributed by atoms with Crippen LogP contribution >= 0.6 is 0 Å². The summed E-state index contributed by atoms with van der Waals surface area (Å²) < 4.78 is 5.30. The molecular weight excluding hydrogens is 326 g/mol. The molecule has 0 saturated heterocycles. The van der Waals surface area contributed by atoms with E-state index in [0.29, 0.717) is 5.56 Å². The molecule has 0 fully saturated rings. The predicted octanol–water partition coefficient (Wildman–Crippen LogP) is 4.61. The number of para-hydroxylation sites is 1. The fourth-order valence-corrected chi connectivity index (χ4v) is 2.91. The van der Waals surface area contributed by atoms with Crippen molar-refractivity contribution >= 4 is 28.7 Å². The summed E-state index contributed by atoms with van der Waals surface area (Å²) in [7, 11) is 0. The highest BCUT2D eigenvalue weighted by Gasteiger charge is 2.23. The number of benzene rings is 2. The van der Waals surface area contributed by atoms with E-state index in [4.69, 9.17) is 4.74 Å². The zero-order chi connectivity index (χ0) is 18.7. The molecule has 0 radical (unpaired) electrons. The van der Waals surface area contributed by atoms with Crippen molar-refractivity contribution in [2.24, 2.45) is 0 Å². The summed E-state index contributed by atoms with van der Waals surface area (Å²) in [6.07, 6.45) is 2.16. The lowest BCUT2D eigenvalue weighted by Crippen LogP contribution is -2.24. The zero-order valence-electron chi connectivity index (χ0n) is 15.1. The first-order chi connectivity index (χ1) is 12.5. The van der Waals surface area contributed by atoms with E-state index in [1.54, 1.807) is 13.0 Å². The van der Waals surface area contributed by atoms with Crippen molar-refractivity contribution in [1.82, 2.24) is 4.98 Å². The summed E-state index contributed by atoms with van der Waals surface area (Å²) in [6, 6.07) is 15.4. The molecule has 0 saturated carbocycles. The maximum Gasteiger partial charge on any atom is 0.331 e. The fourth-order valence-electron chi connectivity index (χ4n) is 2.91. The predicted molar refractivity (Wildman–Crippen MR) is 103 cm³/mol. The van der Waals surface area contributed by atoms with Crippen LogP contribution in [-0.4, -0.2) is 22.8 Å². The van der Waals surface area contributed by atoms with E-state index in [2.05, 4.69) is 4.98 Å². The van der Waals surface area contributed by atoms with Crippen molar-refractivity contribution in [3.05, 3.63) is 77.0 Å². The molecule has 1 atom stereocenters. The summed E-state index contributed by atoms with van der Waals surface area (Å²) >= 11 is 0. The highest BCUT2D eigenvalue weighted by molar-refractivity contribution is 6.11. The number of rotatable bonds is 5. The third kappa shape index (κ3) is 3.75. The molecule has 1 aromatic heterocycles. The Bertz CT molecular complexity index is 980. The molecule has 3 rings (SSSR count). The van der Waals surface area contributed by atoms with Gasteiger partial charge in [-0.1, -0.05) is 48.0 Å². The Morgan fingerprint density at radius 2 is 1.73 bits per heavy atom. The van der Waals surface area contributed by atoms with Crippen molar-refractivity contribution in [2.45, 2.75) is 26.9 Å². The van der Waals surface area contributed by atoms with Crippen molar-refractivity contribution < 1.29 is 14.3 Å². The number of carbonyl (C=O) groups excluding carboxylic acids is 2. The number of nitrogens with one attached hydrogen (secondary N) is 1. The molecule has 0 amide bonds. The Balaban J connectivity index is 1.71. The summed E-state index contributed by atoms with van der Waals surface area (Å²) in [6.45, 7) is 5.45. The van der Waals surface area contributed by atoms with E-state index in [1.807, 2.05) is 62.4 Å². The largest absolute Gasteiger partial charge is 0.451 e. The van der Waals surface area contributed by atoms with Crippen LogP contribution in [0.3, 0.4) is 0 Å². The highest BCUT2D eigenvalue weighted by Crippen LogP contribution is 2.23. The number of carbonyl (C=O) groups is 2. The average Bonchev–Trinajstić information content (AvgIpc) is 2.96. The topological polar surface area (TPSA) is 59.2 Å². The number of hydrogen-bond donors (Lipinski definition) is 1. The minimum Gasteiger partial charge on any atom is -0.451 e. The minimum atomic E-state index is -0.858. The number of ether oxygens (including phenoxy) is 1. The van der Waals surface area contributed by atoms with Crippen molar-refractivity contribution in [3.63, 3.8) is 0 Å². The molecule has 0 spiro atoms. The normalized spacial score (nSPS) is 12.4. The molecule has 2 aromatic carbocycles.